The third-order valence-electron chi connectivity index (χ3n) is 6.98. The van der Waals surface area contributed by atoms with Crippen molar-refractivity contribution in [1.29, 1.82) is 0 Å². The summed E-state index contributed by atoms with van der Waals surface area (Å²) in [5.41, 5.74) is 4.10. The lowest BCUT2D eigenvalue weighted by molar-refractivity contribution is -0.128. The van der Waals surface area contributed by atoms with Gasteiger partial charge in [-0.2, -0.15) is 9.61 Å². The molecule has 2 aromatic carbocycles. The zero-order valence-electron chi connectivity index (χ0n) is 19.9. The second-order valence-corrected chi connectivity index (χ2v) is 9.67. The van der Waals surface area contributed by atoms with Gasteiger partial charge in [0.05, 0.1) is 11.1 Å². The van der Waals surface area contributed by atoms with Gasteiger partial charge < -0.3 is 10.6 Å². The molecule has 1 amide bonds. The van der Waals surface area contributed by atoms with Crippen LogP contribution in [0.1, 0.15) is 37.7 Å². The Balaban J connectivity index is 1.32. The lowest BCUT2D eigenvalue weighted by atomic mass is 9.68. The zero-order valence-corrected chi connectivity index (χ0v) is 20.7. The van der Waals surface area contributed by atoms with Crippen LogP contribution in [0.4, 0.5) is 5.82 Å². The van der Waals surface area contributed by atoms with Gasteiger partial charge in [0, 0.05) is 35.9 Å². The summed E-state index contributed by atoms with van der Waals surface area (Å²) in [6, 6.07) is 19.9. The highest BCUT2D eigenvalue weighted by atomic mass is 35.5. The molecule has 2 N–H and O–H groups in total. The molecule has 0 unspecified atom stereocenters. The molecule has 6 nitrogen and oxygen atoms in total. The number of benzene rings is 2. The van der Waals surface area contributed by atoms with Crippen molar-refractivity contribution < 1.29 is 4.79 Å². The normalized spacial score (nSPS) is 15.1. The van der Waals surface area contributed by atoms with Crippen molar-refractivity contribution >= 4 is 42.3 Å². The summed E-state index contributed by atoms with van der Waals surface area (Å²) in [7, 11) is 1.99. The molecule has 0 bridgehead atoms. The summed E-state index contributed by atoms with van der Waals surface area (Å²) in [6.07, 6.45) is 6.96. The summed E-state index contributed by atoms with van der Waals surface area (Å²) >= 11 is 6.44. The van der Waals surface area contributed by atoms with Crippen LogP contribution in [0, 0.1) is 0 Å². The molecule has 0 aliphatic heterocycles. The van der Waals surface area contributed by atoms with Crippen LogP contribution in [0.3, 0.4) is 0 Å². The molecule has 1 fully saturated rings. The number of hydrogen-bond acceptors (Lipinski definition) is 4. The molecule has 0 saturated heterocycles. The number of hydrogen-bond donors (Lipinski definition) is 2. The van der Waals surface area contributed by atoms with Crippen molar-refractivity contribution in [3.05, 3.63) is 77.4 Å². The van der Waals surface area contributed by atoms with E-state index in [0.717, 1.165) is 59.4 Å². The maximum Gasteiger partial charge on any atom is 0.230 e. The fourth-order valence-corrected chi connectivity index (χ4v) is 5.33. The highest BCUT2D eigenvalue weighted by Crippen LogP contribution is 2.39. The number of nitrogens with one attached hydrogen (secondary N) is 2. The van der Waals surface area contributed by atoms with Gasteiger partial charge in [-0.15, -0.1) is 0 Å². The fraction of sp³-hybridized carbons (Fsp3) is 0.296. The number of halogens is 1. The van der Waals surface area contributed by atoms with Crippen LogP contribution in [0.2, 0.25) is 5.02 Å². The van der Waals surface area contributed by atoms with Gasteiger partial charge >= 0.3 is 0 Å². The predicted octanol–water partition coefficient (Wildman–Crippen LogP) is 3.74. The molecule has 1 saturated carbocycles. The van der Waals surface area contributed by atoms with Gasteiger partial charge in [0.15, 0.2) is 5.65 Å². The largest absolute Gasteiger partial charge is 0.368 e. The molecular weight excluding hydrogens is 457 g/mol. The number of carbonyl (C=O) groups excluding carboxylic acids is 1. The summed E-state index contributed by atoms with van der Waals surface area (Å²) in [4.78, 5) is 18.2. The number of carbonyl (C=O) groups is 1. The van der Waals surface area contributed by atoms with E-state index in [2.05, 4.69) is 27.9 Å². The molecule has 178 valence electrons. The van der Waals surface area contributed by atoms with E-state index < -0.39 is 5.41 Å². The van der Waals surface area contributed by atoms with Crippen LogP contribution in [-0.2, 0) is 10.2 Å². The topological polar surface area (TPSA) is 71.3 Å². The van der Waals surface area contributed by atoms with Crippen molar-refractivity contribution in [1.82, 2.24) is 19.9 Å². The molecule has 1 aliphatic rings. The van der Waals surface area contributed by atoms with Gasteiger partial charge in [-0.1, -0.05) is 79.4 Å². The summed E-state index contributed by atoms with van der Waals surface area (Å²) < 4.78 is 1.80. The average molecular weight is 486 g/mol. The minimum absolute atomic E-state index is 0.122. The van der Waals surface area contributed by atoms with Gasteiger partial charge in [0.2, 0.25) is 5.91 Å². The van der Waals surface area contributed by atoms with E-state index in [1.807, 2.05) is 56.4 Å². The van der Waals surface area contributed by atoms with Crippen molar-refractivity contribution in [2.24, 2.45) is 0 Å². The van der Waals surface area contributed by atoms with Crippen molar-refractivity contribution in [2.75, 3.05) is 18.4 Å². The van der Waals surface area contributed by atoms with Crippen molar-refractivity contribution in [3.8, 4) is 11.3 Å². The molecule has 4 aromatic rings. The minimum atomic E-state index is -0.431. The number of anilines is 1. The van der Waals surface area contributed by atoms with E-state index in [-0.39, 0.29) is 5.91 Å². The zero-order chi connectivity index (χ0) is 24.3. The van der Waals surface area contributed by atoms with Crippen LogP contribution >= 0.6 is 11.6 Å². The van der Waals surface area contributed by atoms with Gasteiger partial charge in [-0.05, 0) is 29.9 Å². The SMILES string of the molecule is Bc1cnn2c(NCCNC(=O)C3(c4ccccc4)CCCCC3)cc(-c3ccccc3Cl)nc12. The number of nitrogens with zero attached hydrogens (tertiary/aromatic N) is 3. The first-order valence-electron chi connectivity index (χ1n) is 12.3. The van der Waals surface area contributed by atoms with Crippen LogP contribution in [0.25, 0.3) is 16.9 Å². The molecule has 2 aromatic heterocycles. The smallest absolute Gasteiger partial charge is 0.230 e. The summed E-state index contributed by atoms with van der Waals surface area (Å²) in [5.74, 6) is 0.930. The van der Waals surface area contributed by atoms with Gasteiger partial charge in [0.1, 0.15) is 13.7 Å². The monoisotopic (exact) mass is 485 g/mol. The molecule has 2 heterocycles. The number of rotatable bonds is 7. The highest BCUT2D eigenvalue weighted by Gasteiger charge is 2.40. The lowest BCUT2D eigenvalue weighted by Crippen LogP contribution is -2.47. The lowest BCUT2D eigenvalue weighted by Gasteiger charge is -2.36. The van der Waals surface area contributed by atoms with Crippen LogP contribution in [-0.4, -0.2) is 41.4 Å². The second kappa shape index (κ2) is 10.1. The number of aromatic nitrogens is 3. The average Bonchev–Trinajstić information content (AvgIpc) is 3.28. The van der Waals surface area contributed by atoms with E-state index in [1.165, 1.54) is 6.42 Å². The Labute approximate surface area is 211 Å². The van der Waals surface area contributed by atoms with Gasteiger partial charge in [-0.3, -0.25) is 4.79 Å². The number of amides is 1. The van der Waals surface area contributed by atoms with Gasteiger partial charge in [0.25, 0.3) is 0 Å². The van der Waals surface area contributed by atoms with Crippen molar-refractivity contribution in [2.45, 2.75) is 37.5 Å². The molecule has 35 heavy (non-hydrogen) atoms. The number of fused-ring (bicyclic) bond motifs is 1. The Morgan fingerprint density at radius 2 is 1.77 bits per heavy atom. The molecular formula is C27H29BClN5O. The second-order valence-electron chi connectivity index (χ2n) is 9.26. The minimum Gasteiger partial charge on any atom is -0.368 e. The molecule has 5 rings (SSSR count). The van der Waals surface area contributed by atoms with E-state index in [0.29, 0.717) is 18.1 Å². The van der Waals surface area contributed by atoms with E-state index in [9.17, 15) is 4.79 Å². The fourth-order valence-electron chi connectivity index (χ4n) is 5.10. The maximum atomic E-state index is 13.4. The molecule has 8 heteroatoms. The first-order chi connectivity index (χ1) is 17.1. The summed E-state index contributed by atoms with van der Waals surface area (Å²) in [6.45, 7) is 1.08. The van der Waals surface area contributed by atoms with E-state index in [4.69, 9.17) is 16.6 Å². The van der Waals surface area contributed by atoms with E-state index in [1.54, 1.807) is 10.7 Å². The highest BCUT2D eigenvalue weighted by molar-refractivity contribution is 6.36. The van der Waals surface area contributed by atoms with Crippen LogP contribution in [0.5, 0.6) is 0 Å². The van der Waals surface area contributed by atoms with Crippen molar-refractivity contribution in [3.63, 3.8) is 0 Å². The molecule has 0 spiro atoms. The van der Waals surface area contributed by atoms with Crippen LogP contribution in [0.15, 0.2) is 66.9 Å². The third kappa shape index (κ3) is 4.65. The summed E-state index contributed by atoms with van der Waals surface area (Å²) in [5, 5.41) is 11.8. The standard InChI is InChI=1S/C27H29BClN5O/c28-21-18-32-34-24(17-23(33-25(21)34)20-11-5-6-12-22(20)29)30-15-16-31-26(35)27(13-7-2-8-14-27)19-9-3-1-4-10-19/h1,3-6,9-12,17-18,30H,2,7-8,13-16,28H2,(H,31,35). The van der Waals surface area contributed by atoms with E-state index >= 15 is 0 Å². The quantitative estimate of drug-likeness (QED) is 0.309. The Kier molecular flexibility index (Phi) is 6.78. The first-order valence-corrected chi connectivity index (χ1v) is 12.6. The molecule has 1 aliphatic carbocycles. The Morgan fingerprint density at radius 1 is 1.03 bits per heavy atom. The van der Waals surface area contributed by atoms with Crippen LogP contribution < -0.4 is 16.1 Å². The maximum absolute atomic E-state index is 13.4. The molecule has 0 atom stereocenters. The predicted molar refractivity (Wildman–Crippen MR) is 144 cm³/mol. The third-order valence-corrected chi connectivity index (χ3v) is 7.31. The van der Waals surface area contributed by atoms with Gasteiger partial charge in [-0.25, -0.2) is 4.98 Å². The molecule has 0 radical (unpaired) electrons. The Hall–Kier alpha value is -3.32. The Bertz CT molecular complexity index is 1330. The Morgan fingerprint density at radius 3 is 2.54 bits per heavy atom. The first kappa shape index (κ1) is 23.4.